The lowest BCUT2D eigenvalue weighted by atomic mass is 10.2. The van der Waals surface area contributed by atoms with E-state index < -0.39 is 0 Å². The van der Waals surface area contributed by atoms with Crippen LogP contribution in [0, 0.1) is 5.82 Å². The number of hydrogen-bond acceptors (Lipinski definition) is 3. The van der Waals surface area contributed by atoms with Gasteiger partial charge in [-0.15, -0.1) is 0 Å². The van der Waals surface area contributed by atoms with Gasteiger partial charge in [-0.2, -0.15) is 0 Å². The second-order valence-electron chi connectivity index (χ2n) is 4.63. The SMILES string of the molecule is C=C(C)CN(C)c1ncc(F)cc1CNCCC. The average molecular weight is 251 g/mol. The lowest BCUT2D eigenvalue weighted by Gasteiger charge is -2.21. The van der Waals surface area contributed by atoms with Crippen molar-refractivity contribution in [2.24, 2.45) is 0 Å². The number of rotatable bonds is 7. The first-order chi connectivity index (χ1) is 8.54. The van der Waals surface area contributed by atoms with E-state index in [4.69, 9.17) is 0 Å². The zero-order chi connectivity index (χ0) is 13.5. The Balaban J connectivity index is 2.84. The van der Waals surface area contributed by atoms with E-state index in [9.17, 15) is 4.39 Å². The molecular weight excluding hydrogens is 229 g/mol. The molecule has 0 radical (unpaired) electrons. The molecule has 1 N–H and O–H groups in total. The molecule has 0 saturated heterocycles. The van der Waals surface area contributed by atoms with E-state index in [0.29, 0.717) is 6.54 Å². The summed E-state index contributed by atoms with van der Waals surface area (Å²) in [5.74, 6) is 0.513. The smallest absolute Gasteiger partial charge is 0.141 e. The molecule has 1 aromatic heterocycles. The third-order valence-corrected chi connectivity index (χ3v) is 2.52. The predicted molar refractivity (Wildman–Crippen MR) is 74.3 cm³/mol. The molecule has 0 atom stereocenters. The summed E-state index contributed by atoms with van der Waals surface area (Å²) >= 11 is 0. The average Bonchev–Trinajstić information content (AvgIpc) is 2.28. The van der Waals surface area contributed by atoms with Crippen LogP contribution in [0.1, 0.15) is 25.8 Å². The fourth-order valence-corrected chi connectivity index (χ4v) is 1.83. The third-order valence-electron chi connectivity index (χ3n) is 2.52. The van der Waals surface area contributed by atoms with E-state index in [0.717, 1.165) is 36.5 Å². The van der Waals surface area contributed by atoms with Crippen LogP contribution in [0.5, 0.6) is 0 Å². The van der Waals surface area contributed by atoms with Gasteiger partial charge in [-0.1, -0.05) is 19.1 Å². The summed E-state index contributed by atoms with van der Waals surface area (Å²) in [5, 5.41) is 3.27. The van der Waals surface area contributed by atoms with Gasteiger partial charge in [0.1, 0.15) is 11.6 Å². The molecule has 0 spiro atoms. The van der Waals surface area contributed by atoms with E-state index in [-0.39, 0.29) is 5.82 Å². The van der Waals surface area contributed by atoms with Gasteiger partial charge in [0.05, 0.1) is 6.20 Å². The molecule has 18 heavy (non-hydrogen) atoms. The van der Waals surface area contributed by atoms with Crippen LogP contribution in [0.15, 0.2) is 24.4 Å². The molecule has 0 aliphatic heterocycles. The Morgan fingerprint density at radius 3 is 2.89 bits per heavy atom. The molecule has 3 nitrogen and oxygen atoms in total. The van der Waals surface area contributed by atoms with Crippen LogP contribution < -0.4 is 10.2 Å². The van der Waals surface area contributed by atoms with Gasteiger partial charge >= 0.3 is 0 Å². The van der Waals surface area contributed by atoms with Gasteiger partial charge < -0.3 is 10.2 Å². The first kappa shape index (κ1) is 14.6. The molecule has 0 saturated carbocycles. The molecule has 0 aromatic carbocycles. The van der Waals surface area contributed by atoms with E-state index in [1.807, 2.05) is 18.9 Å². The fraction of sp³-hybridized carbons (Fsp3) is 0.500. The van der Waals surface area contributed by atoms with Gasteiger partial charge in [0.15, 0.2) is 0 Å². The van der Waals surface area contributed by atoms with E-state index in [1.165, 1.54) is 6.20 Å². The van der Waals surface area contributed by atoms with Gasteiger partial charge in [-0.25, -0.2) is 9.37 Å². The van der Waals surface area contributed by atoms with Crippen LogP contribution in [-0.4, -0.2) is 25.1 Å². The Kier molecular flexibility index (Phi) is 5.78. The van der Waals surface area contributed by atoms with Crippen molar-refractivity contribution in [1.82, 2.24) is 10.3 Å². The summed E-state index contributed by atoms with van der Waals surface area (Å²) in [6.45, 7) is 10.2. The van der Waals surface area contributed by atoms with Crippen molar-refractivity contribution < 1.29 is 4.39 Å². The van der Waals surface area contributed by atoms with Crippen LogP contribution in [0.3, 0.4) is 0 Å². The van der Waals surface area contributed by atoms with E-state index in [2.05, 4.69) is 23.8 Å². The summed E-state index contributed by atoms with van der Waals surface area (Å²) in [7, 11) is 1.94. The summed E-state index contributed by atoms with van der Waals surface area (Å²) in [4.78, 5) is 6.17. The largest absolute Gasteiger partial charge is 0.355 e. The van der Waals surface area contributed by atoms with E-state index >= 15 is 0 Å². The fourth-order valence-electron chi connectivity index (χ4n) is 1.83. The Morgan fingerprint density at radius 1 is 1.56 bits per heavy atom. The van der Waals surface area contributed by atoms with Crippen molar-refractivity contribution in [1.29, 1.82) is 0 Å². The topological polar surface area (TPSA) is 28.2 Å². The number of halogens is 1. The Morgan fingerprint density at radius 2 is 2.28 bits per heavy atom. The molecule has 4 heteroatoms. The van der Waals surface area contributed by atoms with Gasteiger partial charge in [0, 0.05) is 25.7 Å². The molecule has 0 unspecified atom stereocenters. The second kappa shape index (κ2) is 7.11. The molecule has 1 heterocycles. The first-order valence-electron chi connectivity index (χ1n) is 6.25. The zero-order valence-electron chi connectivity index (χ0n) is 11.5. The zero-order valence-corrected chi connectivity index (χ0v) is 11.5. The van der Waals surface area contributed by atoms with Crippen molar-refractivity contribution in [3.05, 3.63) is 35.8 Å². The molecule has 0 bridgehead atoms. The Hall–Kier alpha value is -1.42. The predicted octanol–water partition coefficient (Wildman–Crippen LogP) is 2.73. The van der Waals surface area contributed by atoms with Gasteiger partial charge in [-0.05, 0) is 26.0 Å². The molecule has 1 rings (SSSR count). The number of hydrogen-bond donors (Lipinski definition) is 1. The lowest BCUT2D eigenvalue weighted by molar-refractivity contribution is 0.611. The molecule has 100 valence electrons. The standard InChI is InChI=1S/C14H22FN3/c1-5-6-16-8-12-7-13(15)9-17-14(12)18(4)10-11(2)3/h7,9,16H,2,5-6,8,10H2,1,3-4H3. The van der Waals surface area contributed by atoms with Crippen LogP contribution in [0.2, 0.25) is 0 Å². The number of pyridine rings is 1. The van der Waals surface area contributed by atoms with E-state index in [1.54, 1.807) is 6.07 Å². The van der Waals surface area contributed by atoms with Gasteiger partial charge in [-0.3, -0.25) is 0 Å². The lowest BCUT2D eigenvalue weighted by Crippen LogP contribution is -2.24. The van der Waals surface area contributed by atoms with Crippen molar-refractivity contribution >= 4 is 5.82 Å². The summed E-state index contributed by atoms with van der Waals surface area (Å²) < 4.78 is 13.3. The van der Waals surface area contributed by atoms with Crippen molar-refractivity contribution in [2.45, 2.75) is 26.8 Å². The van der Waals surface area contributed by atoms with Crippen LogP contribution in [0.4, 0.5) is 10.2 Å². The monoisotopic (exact) mass is 251 g/mol. The molecule has 0 amide bonds. The highest BCUT2D eigenvalue weighted by Crippen LogP contribution is 2.18. The molecule has 0 fully saturated rings. The number of aromatic nitrogens is 1. The summed E-state index contributed by atoms with van der Waals surface area (Å²) in [6.07, 6.45) is 2.31. The maximum atomic E-state index is 13.3. The van der Waals surface area contributed by atoms with Crippen molar-refractivity contribution in [2.75, 3.05) is 25.0 Å². The number of nitrogens with zero attached hydrogens (tertiary/aromatic N) is 2. The Labute approximate surface area is 109 Å². The summed E-state index contributed by atoms with van der Waals surface area (Å²) in [5.41, 5.74) is 1.93. The minimum Gasteiger partial charge on any atom is -0.355 e. The molecule has 0 aliphatic rings. The summed E-state index contributed by atoms with van der Waals surface area (Å²) in [6, 6.07) is 1.54. The first-order valence-corrected chi connectivity index (χ1v) is 6.25. The normalized spacial score (nSPS) is 10.4. The van der Waals surface area contributed by atoms with Crippen LogP contribution in [-0.2, 0) is 6.54 Å². The number of likely N-dealkylation sites (N-methyl/N-ethyl adjacent to an activating group) is 1. The van der Waals surface area contributed by atoms with Crippen LogP contribution >= 0.6 is 0 Å². The highest BCUT2D eigenvalue weighted by atomic mass is 19.1. The minimum atomic E-state index is -0.296. The third kappa shape index (κ3) is 4.45. The molecular formula is C14H22FN3. The second-order valence-corrected chi connectivity index (χ2v) is 4.63. The molecule has 1 aromatic rings. The molecule has 0 aliphatic carbocycles. The minimum absolute atomic E-state index is 0.296. The van der Waals surface area contributed by atoms with Crippen LogP contribution in [0.25, 0.3) is 0 Å². The number of nitrogens with one attached hydrogen (secondary N) is 1. The maximum absolute atomic E-state index is 13.3. The highest BCUT2D eigenvalue weighted by Gasteiger charge is 2.10. The highest BCUT2D eigenvalue weighted by molar-refractivity contribution is 5.47. The van der Waals surface area contributed by atoms with Crippen molar-refractivity contribution in [3.63, 3.8) is 0 Å². The van der Waals surface area contributed by atoms with Gasteiger partial charge in [0.25, 0.3) is 0 Å². The van der Waals surface area contributed by atoms with Gasteiger partial charge in [0.2, 0.25) is 0 Å². The quantitative estimate of drug-likeness (QED) is 0.596. The Bertz CT molecular complexity index is 404. The maximum Gasteiger partial charge on any atom is 0.141 e. The number of anilines is 1. The van der Waals surface area contributed by atoms with Crippen molar-refractivity contribution in [3.8, 4) is 0 Å².